The van der Waals surface area contributed by atoms with Gasteiger partial charge in [0.05, 0.1) is 5.02 Å². The topological polar surface area (TPSA) is 89.3 Å². The average Bonchev–Trinajstić information content (AvgIpc) is 2.13. The van der Waals surface area contributed by atoms with Gasteiger partial charge in [0.1, 0.15) is 4.90 Å². The number of primary sulfonamides is 1. The molecular weight excluding hydrogens is 287 g/mol. The van der Waals surface area contributed by atoms with Crippen LogP contribution in [0.15, 0.2) is 17.0 Å². The predicted octanol–water partition coefficient (Wildman–Crippen LogP) is 1.28. The number of amides is 1. The van der Waals surface area contributed by atoms with Crippen LogP contribution in [0.1, 0.15) is 12.5 Å². The fraction of sp³-hybridized carbons (Fsp3) is 0.222. The van der Waals surface area contributed by atoms with Crippen LogP contribution in [0.2, 0.25) is 10.0 Å². The molecule has 0 fully saturated rings. The Bertz CT molecular complexity index is 558. The van der Waals surface area contributed by atoms with Gasteiger partial charge < -0.3 is 5.32 Å². The third-order valence-electron chi connectivity index (χ3n) is 1.94. The molecule has 0 saturated heterocycles. The third-order valence-corrected chi connectivity index (χ3v) is 3.66. The van der Waals surface area contributed by atoms with Gasteiger partial charge in [-0.2, -0.15) is 0 Å². The van der Waals surface area contributed by atoms with E-state index in [0.717, 1.165) is 0 Å². The number of nitrogens with two attached hydrogens (primary N) is 1. The van der Waals surface area contributed by atoms with E-state index in [1.807, 2.05) is 0 Å². The number of nitrogens with one attached hydrogen (secondary N) is 1. The largest absolute Gasteiger partial charge is 0.352 e. The van der Waals surface area contributed by atoms with Crippen molar-refractivity contribution >= 4 is 39.1 Å². The summed E-state index contributed by atoms with van der Waals surface area (Å²) in [6, 6.07) is 2.52. The standard InChI is InChI=1S/C9H10Cl2N2O3S/c1-5(14)13-4-6-2-9(17(12,15)16)8(11)3-7(6)10/h2-3H,4H2,1H3,(H,13,14)(H2,12,15,16). The van der Waals surface area contributed by atoms with E-state index in [4.69, 9.17) is 28.3 Å². The lowest BCUT2D eigenvalue weighted by Crippen LogP contribution is -2.20. The van der Waals surface area contributed by atoms with Gasteiger partial charge in [-0.3, -0.25) is 4.79 Å². The summed E-state index contributed by atoms with van der Waals surface area (Å²) in [6.07, 6.45) is 0. The Labute approximate surface area is 109 Å². The van der Waals surface area contributed by atoms with E-state index in [1.165, 1.54) is 19.1 Å². The molecule has 94 valence electrons. The molecule has 1 rings (SSSR count). The van der Waals surface area contributed by atoms with Crippen molar-refractivity contribution in [1.82, 2.24) is 5.32 Å². The molecule has 8 heteroatoms. The monoisotopic (exact) mass is 296 g/mol. The molecule has 0 aromatic heterocycles. The average molecular weight is 297 g/mol. The first-order valence-corrected chi connectivity index (χ1v) is 6.77. The van der Waals surface area contributed by atoms with Crippen molar-refractivity contribution in [2.75, 3.05) is 0 Å². The fourth-order valence-electron chi connectivity index (χ4n) is 1.14. The number of hydrogen-bond donors (Lipinski definition) is 2. The minimum atomic E-state index is -3.91. The van der Waals surface area contributed by atoms with Gasteiger partial charge in [0.25, 0.3) is 0 Å². The summed E-state index contributed by atoms with van der Waals surface area (Å²) in [6.45, 7) is 1.44. The van der Waals surface area contributed by atoms with Gasteiger partial charge in [0.2, 0.25) is 15.9 Å². The molecule has 0 aliphatic carbocycles. The maximum atomic E-state index is 11.2. The number of benzene rings is 1. The number of hydrogen-bond acceptors (Lipinski definition) is 3. The zero-order valence-electron chi connectivity index (χ0n) is 8.83. The van der Waals surface area contributed by atoms with Crippen LogP contribution in [0, 0.1) is 0 Å². The van der Waals surface area contributed by atoms with E-state index in [0.29, 0.717) is 5.56 Å². The molecule has 0 unspecified atom stereocenters. The molecule has 0 aliphatic rings. The molecule has 0 bridgehead atoms. The van der Waals surface area contributed by atoms with Crippen molar-refractivity contribution in [3.63, 3.8) is 0 Å². The Kier molecular flexibility index (Phi) is 4.37. The summed E-state index contributed by atoms with van der Waals surface area (Å²) >= 11 is 11.6. The summed E-state index contributed by atoms with van der Waals surface area (Å²) in [5.41, 5.74) is 0.426. The van der Waals surface area contributed by atoms with E-state index in [-0.39, 0.29) is 27.4 Å². The lowest BCUT2D eigenvalue weighted by atomic mass is 10.2. The summed E-state index contributed by atoms with van der Waals surface area (Å²) in [5, 5.41) is 7.70. The van der Waals surface area contributed by atoms with Crippen LogP contribution in [0.3, 0.4) is 0 Å². The van der Waals surface area contributed by atoms with Gasteiger partial charge in [0, 0.05) is 18.5 Å². The molecule has 0 aliphatic heterocycles. The van der Waals surface area contributed by atoms with Gasteiger partial charge in [-0.1, -0.05) is 23.2 Å². The predicted molar refractivity (Wildman–Crippen MR) is 65.4 cm³/mol. The van der Waals surface area contributed by atoms with E-state index in [9.17, 15) is 13.2 Å². The number of carbonyl (C=O) groups is 1. The van der Waals surface area contributed by atoms with Crippen LogP contribution < -0.4 is 10.5 Å². The molecule has 1 aromatic carbocycles. The van der Waals surface area contributed by atoms with Crippen molar-refractivity contribution in [3.8, 4) is 0 Å². The molecule has 17 heavy (non-hydrogen) atoms. The molecule has 0 atom stereocenters. The van der Waals surface area contributed by atoms with Crippen molar-refractivity contribution in [2.24, 2.45) is 5.14 Å². The molecular formula is C9H10Cl2N2O3S. The smallest absolute Gasteiger partial charge is 0.239 e. The first-order valence-electron chi connectivity index (χ1n) is 4.47. The summed E-state index contributed by atoms with van der Waals surface area (Å²) < 4.78 is 22.4. The Morgan fingerprint density at radius 3 is 2.41 bits per heavy atom. The molecule has 0 spiro atoms. The van der Waals surface area contributed by atoms with Crippen LogP contribution in [-0.2, 0) is 21.4 Å². The molecule has 1 amide bonds. The minimum Gasteiger partial charge on any atom is -0.352 e. The molecule has 1 aromatic rings. The van der Waals surface area contributed by atoms with E-state index < -0.39 is 10.0 Å². The Morgan fingerprint density at radius 2 is 1.94 bits per heavy atom. The first-order chi connectivity index (χ1) is 7.71. The SMILES string of the molecule is CC(=O)NCc1cc(S(N)(=O)=O)c(Cl)cc1Cl. The quantitative estimate of drug-likeness (QED) is 0.880. The second-order valence-corrected chi connectivity index (χ2v) is 5.67. The van der Waals surface area contributed by atoms with Crippen molar-refractivity contribution in [2.45, 2.75) is 18.4 Å². The van der Waals surface area contributed by atoms with Crippen LogP contribution in [-0.4, -0.2) is 14.3 Å². The second kappa shape index (κ2) is 5.22. The normalized spacial score (nSPS) is 11.3. The van der Waals surface area contributed by atoms with E-state index >= 15 is 0 Å². The number of rotatable bonds is 3. The maximum Gasteiger partial charge on any atom is 0.239 e. The number of sulfonamides is 1. The van der Waals surface area contributed by atoms with Crippen LogP contribution in [0.4, 0.5) is 0 Å². The number of halogens is 2. The van der Waals surface area contributed by atoms with E-state index in [2.05, 4.69) is 5.32 Å². The zero-order chi connectivity index (χ0) is 13.2. The van der Waals surface area contributed by atoms with Crippen molar-refractivity contribution < 1.29 is 13.2 Å². The lowest BCUT2D eigenvalue weighted by molar-refractivity contribution is -0.119. The van der Waals surface area contributed by atoms with Gasteiger partial charge >= 0.3 is 0 Å². The molecule has 0 saturated carbocycles. The zero-order valence-corrected chi connectivity index (χ0v) is 11.2. The van der Waals surface area contributed by atoms with Crippen molar-refractivity contribution in [3.05, 3.63) is 27.7 Å². The highest BCUT2D eigenvalue weighted by Gasteiger charge is 2.16. The molecule has 3 N–H and O–H groups in total. The molecule has 5 nitrogen and oxygen atoms in total. The Balaban J connectivity index is 3.20. The molecule has 0 radical (unpaired) electrons. The summed E-state index contributed by atoms with van der Waals surface area (Å²) in [5.74, 6) is -0.256. The van der Waals surface area contributed by atoms with Gasteiger partial charge in [-0.25, -0.2) is 13.6 Å². The third kappa shape index (κ3) is 3.85. The molecule has 0 heterocycles. The highest BCUT2D eigenvalue weighted by atomic mass is 35.5. The van der Waals surface area contributed by atoms with Crippen LogP contribution in [0.5, 0.6) is 0 Å². The minimum absolute atomic E-state index is 0.0518. The fourth-order valence-corrected chi connectivity index (χ4v) is 2.55. The van der Waals surface area contributed by atoms with Gasteiger partial charge in [0.15, 0.2) is 0 Å². The van der Waals surface area contributed by atoms with E-state index in [1.54, 1.807) is 0 Å². The van der Waals surface area contributed by atoms with Gasteiger partial charge in [-0.05, 0) is 17.7 Å². The van der Waals surface area contributed by atoms with Crippen molar-refractivity contribution in [1.29, 1.82) is 0 Å². The van der Waals surface area contributed by atoms with Crippen LogP contribution in [0.25, 0.3) is 0 Å². The Morgan fingerprint density at radius 1 is 1.35 bits per heavy atom. The lowest BCUT2D eigenvalue weighted by Gasteiger charge is -2.09. The highest BCUT2D eigenvalue weighted by Crippen LogP contribution is 2.27. The number of carbonyl (C=O) groups excluding carboxylic acids is 1. The highest BCUT2D eigenvalue weighted by molar-refractivity contribution is 7.89. The maximum absolute atomic E-state index is 11.2. The first kappa shape index (κ1) is 14.2. The summed E-state index contributed by atoms with van der Waals surface area (Å²) in [4.78, 5) is 10.5. The second-order valence-electron chi connectivity index (χ2n) is 3.33. The summed E-state index contributed by atoms with van der Waals surface area (Å²) in [7, 11) is -3.91. The van der Waals surface area contributed by atoms with Crippen LogP contribution >= 0.6 is 23.2 Å². The Hall–Kier alpha value is -0.820. The van der Waals surface area contributed by atoms with Gasteiger partial charge in [-0.15, -0.1) is 0 Å².